The van der Waals surface area contributed by atoms with E-state index in [4.69, 9.17) is 0 Å². The molecule has 0 aromatic heterocycles. The van der Waals surface area contributed by atoms with E-state index in [-0.39, 0.29) is 6.10 Å². The molecule has 0 spiro atoms. The van der Waals surface area contributed by atoms with Gasteiger partial charge in [-0.1, -0.05) is 36.8 Å². The maximum atomic E-state index is 10.2. The maximum absolute atomic E-state index is 10.2. The fraction of sp³-hybridized carbons (Fsp3) is 0.647. The summed E-state index contributed by atoms with van der Waals surface area (Å²) in [6.07, 6.45) is 3.98. The van der Waals surface area contributed by atoms with Crippen LogP contribution in [-0.2, 0) is 6.54 Å². The molecule has 1 heterocycles. The molecule has 3 heteroatoms. The highest BCUT2D eigenvalue weighted by atomic mass is 16.3. The van der Waals surface area contributed by atoms with Crippen LogP contribution in [0, 0.1) is 5.92 Å². The highest BCUT2D eigenvalue weighted by Crippen LogP contribution is 2.27. The van der Waals surface area contributed by atoms with Crippen molar-refractivity contribution in [2.45, 2.75) is 31.9 Å². The summed E-state index contributed by atoms with van der Waals surface area (Å²) in [7, 11) is 0. The summed E-state index contributed by atoms with van der Waals surface area (Å²) in [4.78, 5) is 4.86. The Hall–Kier alpha value is -0.900. The minimum atomic E-state index is -0.207. The average Bonchev–Trinajstić information content (AvgIpc) is 2.57. The Kier molecular flexibility index (Phi) is 4.71. The van der Waals surface area contributed by atoms with Crippen LogP contribution in [0.4, 0.5) is 0 Å². The van der Waals surface area contributed by atoms with Crippen molar-refractivity contribution in [1.82, 2.24) is 9.80 Å². The maximum Gasteiger partial charge on any atom is 0.0793 e. The number of hydrogen-bond acceptors (Lipinski definition) is 3. The van der Waals surface area contributed by atoms with Crippen LogP contribution in [0.15, 0.2) is 30.3 Å². The van der Waals surface area contributed by atoms with Crippen LogP contribution in [-0.4, -0.2) is 53.7 Å². The van der Waals surface area contributed by atoms with E-state index >= 15 is 0 Å². The van der Waals surface area contributed by atoms with Gasteiger partial charge in [0.1, 0.15) is 0 Å². The number of aliphatic hydroxyl groups is 1. The highest BCUT2D eigenvalue weighted by molar-refractivity contribution is 5.14. The smallest absolute Gasteiger partial charge is 0.0793 e. The minimum Gasteiger partial charge on any atom is -0.390 e. The Balaban J connectivity index is 1.53. The van der Waals surface area contributed by atoms with Gasteiger partial charge in [0.25, 0.3) is 0 Å². The Bertz CT molecular complexity index is 405. The van der Waals surface area contributed by atoms with Crippen LogP contribution in [0.3, 0.4) is 0 Å². The molecule has 0 amide bonds. The van der Waals surface area contributed by atoms with E-state index in [1.165, 1.54) is 31.4 Å². The van der Waals surface area contributed by atoms with Crippen molar-refractivity contribution in [1.29, 1.82) is 0 Å². The van der Waals surface area contributed by atoms with Gasteiger partial charge in [-0.15, -0.1) is 0 Å². The highest BCUT2D eigenvalue weighted by Gasteiger charge is 2.25. The first-order chi connectivity index (χ1) is 9.79. The lowest BCUT2D eigenvalue weighted by Crippen LogP contribution is -2.38. The summed E-state index contributed by atoms with van der Waals surface area (Å²) in [5.74, 6) is 0.892. The van der Waals surface area contributed by atoms with Crippen LogP contribution < -0.4 is 0 Å². The van der Waals surface area contributed by atoms with Gasteiger partial charge in [-0.05, 0) is 24.3 Å². The summed E-state index contributed by atoms with van der Waals surface area (Å²) in [6, 6.07) is 10.6. The SMILES string of the molecule is O[C@@H]1CN(Cc2ccccc2)CCN(CC2CCC2)C1. The van der Waals surface area contributed by atoms with E-state index in [0.29, 0.717) is 0 Å². The minimum absolute atomic E-state index is 0.207. The Labute approximate surface area is 122 Å². The predicted octanol–water partition coefficient (Wildman–Crippen LogP) is 1.97. The third-order valence-corrected chi connectivity index (χ3v) is 4.66. The van der Waals surface area contributed by atoms with Gasteiger partial charge in [0.2, 0.25) is 0 Å². The largest absolute Gasteiger partial charge is 0.390 e. The second-order valence-electron chi connectivity index (χ2n) is 6.43. The molecule has 1 saturated carbocycles. The fourth-order valence-electron chi connectivity index (χ4n) is 3.31. The summed E-state index contributed by atoms with van der Waals surface area (Å²) < 4.78 is 0. The normalized spacial score (nSPS) is 26.1. The van der Waals surface area contributed by atoms with Crippen molar-refractivity contribution in [3.05, 3.63) is 35.9 Å². The zero-order valence-corrected chi connectivity index (χ0v) is 12.2. The molecule has 0 unspecified atom stereocenters. The zero-order valence-electron chi connectivity index (χ0n) is 12.2. The van der Waals surface area contributed by atoms with Crippen molar-refractivity contribution in [2.75, 3.05) is 32.7 Å². The van der Waals surface area contributed by atoms with Gasteiger partial charge >= 0.3 is 0 Å². The van der Waals surface area contributed by atoms with E-state index < -0.39 is 0 Å². The molecule has 1 aliphatic carbocycles. The van der Waals surface area contributed by atoms with Crippen LogP contribution in [0.2, 0.25) is 0 Å². The molecule has 2 aliphatic rings. The van der Waals surface area contributed by atoms with E-state index in [0.717, 1.165) is 38.6 Å². The molecule has 1 aliphatic heterocycles. The summed E-state index contributed by atoms with van der Waals surface area (Å²) >= 11 is 0. The first kappa shape index (κ1) is 14.1. The number of rotatable bonds is 4. The standard InChI is InChI=1S/C17H26N2O/c20-17-13-18(11-15-5-2-1-3-6-15)9-10-19(14-17)12-16-7-4-8-16/h1-3,5-6,16-17,20H,4,7-14H2/t17-/m1/s1. The van der Waals surface area contributed by atoms with E-state index in [1.807, 2.05) is 0 Å². The van der Waals surface area contributed by atoms with E-state index in [2.05, 4.69) is 40.1 Å². The first-order valence-corrected chi connectivity index (χ1v) is 7.96. The van der Waals surface area contributed by atoms with Crippen molar-refractivity contribution < 1.29 is 5.11 Å². The molecule has 1 aromatic carbocycles. The molecule has 3 nitrogen and oxygen atoms in total. The van der Waals surface area contributed by atoms with Crippen LogP contribution in [0.25, 0.3) is 0 Å². The van der Waals surface area contributed by atoms with Gasteiger partial charge in [0.05, 0.1) is 6.10 Å². The lowest BCUT2D eigenvalue weighted by Gasteiger charge is -2.32. The molecule has 3 rings (SSSR count). The number of benzene rings is 1. The topological polar surface area (TPSA) is 26.7 Å². The molecule has 20 heavy (non-hydrogen) atoms. The molecule has 0 radical (unpaired) electrons. The average molecular weight is 274 g/mol. The van der Waals surface area contributed by atoms with Crippen molar-refractivity contribution in [3.8, 4) is 0 Å². The number of aliphatic hydroxyl groups excluding tert-OH is 1. The summed E-state index contributed by atoms with van der Waals surface area (Å²) in [6.45, 7) is 5.96. The van der Waals surface area contributed by atoms with Gasteiger partial charge < -0.3 is 5.11 Å². The molecular weight excluding hydrogens is 248 g/mol. The first-order valence-electron chi connectivity index (χ1n) is 7.96. The monoisotopic (exact) mass is 274 g/mol. The van der Waals surface area contributed by atoms with Gasteiger partial charge in [0.15, 0.2) is 0 Å². The van der Waals surface area contributed by atoms with Crippen LogP contribution in [0.1, 0.15) is 24.8 Å². The summed E-state index contributed by atoms with van der Waals surface area (Å²) in [5.41, 5.74) is 1.34. The lowest BCUT2D eigenvalue weighted by molar-refractivity contribution is 0.0958. The van der Waals surface area contributed by atoms with Gasteiger partial charge in [-0.2, -0.15) is 0 Å². The predicted molar refractivity (Wildman–Crippen MR) is 81.5 cm³/mol. The van der Waals surface area contributed by atoms with Gasteiger partial charge in [-0.25, -0.2) is 0 Å². The Morgan fingerprint density at radius 1 is 1.00 bits per heavy atom. The second-order valence-corrected chi connectivity index (χ2v) is 6.43. The van der Waals surface area contributed by atoms with Gasteiger partial charge in [0, 0.05) is 39.3 Å². The molecule has 1 atom stereocenters. The van der Waals surface area contributed by atoms with Gasteiger partial charge in [-0.3, -0.25) is 9.80 Å². The van der Waals surface area contributed by atoms with Crippen molar-refractivity contribution in [3.63, 3.8) is 0 Å². The van der Waals surface area contributed by atoms with E-state index in [1.54, 1.807) is 0 Å². The number of β-amino-alcohol motifs (C(OH)–C–C–N with tert-alkyl or cyclic N) is 1. The van der Waals surface area contributed by atoms with Crippen molar-refractivity contribution >= 4 is 0 Å². The molecule has 110 valence electrons. The summed E-state index contributed by atoms with van der Waals surface area (Å²) in [5, 5.41) is 10.2. The molecule has 2 fully saturated rings. The quantitative estimate of drug-likeness (QED) is 0.909. The van der Waals surface area contributed by atoms with Crippen molar-refractivity contribution in [2.24, 2.45) is 5.92 Å². The van der Waals surface area contributed by atoms with Crippen LogP contribution in [0.5, 0.6) is 0 Å². The van der Waals surface area contributed by atoms with Crippen LogP contribution >= 0.6 is 0 Å². The Morgan fingerprint density at radius 2 is 1.70 bits per heavy atom. The Morgan fingerprint density at radius 3 is 2.40 bits per heavy atom. The zero-order chi connectivity index (χ0) is 13.8. The molecular formula is C17H26N2O. The number of nitrogens with zero attached hydrogens (tertiary/aromatic N) is 2. The molecule has 1 saturated heterocycles. The fourth-order valence-corrected chi connectivity index (χ4v) is 3.31. The third kappa shape index (κ3) is 3.81. The molecule has 1 N–H and O–H groups in total. The van der Waals surface area contributed by atoms with E-state index in [9.17, 15) is 5.11 Å². The molecule has 1 aromatic rings. The third-order valence-electron chi connectivity index (χ3n) is 4.66. The lowest BCUT2D eigenvalue weighted by atomic mass is 9.85. The molecule has 0 bridgehead atoms. The number of hydrogen-bond donors (Lipinski definition) is 1. The second kappa shape index (κ2) is 6.70.